The fourth-order valence-electron chi connectivity index (χ4n) is 3.88. The molecule has 2 unspecified atom stereocenters. The first-order valence-electron chi connectivity index (χ1n) is 9.64. The molecule has 0 bridgehead atoms. The van der Waals surface area contributed by atoms with Crippen LogP contribution in [0.2, 0.25) is 0 Å². The number of nitriles is 1. The van der Waals surface area contributed by atoms with Crippen LogP contribution >= 0.6 is 0 Å². The zero-order valence-electron chi connectivity index (χ0n) is 16.3. The molecule has 2 heterocycles. The summed E-state index contributed by atoms with van der Waals surface area (Å²) in [5.41, 5.74) is 0.372. The van der Waals surface area contributed by atoms with Crippen LogP contribution in [0.3, 0.4) is 0 Å². The summed E-state index contributed by atoms with van der Waals surface area (Å²) >= 11 is 0. The summed E-state index contributed by atoms with van der Waals surface area (Å²) in [5.74, 6) is -2.41. The monoisotopic (exact) mass is 444 g/mol. The van der Waals surface area contributed by atoms with Gasteiger partial charge in [-0.15, -0.1) is 4.40 Å². The number of fused-ring (bicyclic) bond motifs is 1. The zero-order valence-corrected chi connectivity index (χ0v) is 17.1. The van der Waals surface area contributed by atoms with Crippen LogP contribution in [0.25, 0.3) is 0 Å². The van der Waals surface area contributed by atoms with Crippen LogP contribution in [0, 0.1) is 28.9 Å². The maximum absolute atomic E-state index is 14.0. The second kappa shape index (κ2) is 8.07. The Hall–Kier alpha value is -3.32. The number of nitrogens with one attached hydrogen (secondary N) is 1. The van der Waals surface area contributed by atoms with Crippen LogP contribution in [0.5, 0.6) is 0 Å². The lowest BCUT2D eigenvalue weighted by atomic mass is 9.95. The van der Waals surface area contributed by atoms with Gasteiger partial charge in [0.05, 0.1) is 12.0 Å². The predicted molar refractivity (Wildman–Crippen MR) is 107 cm³/mol. The van der Waals surface area contributed by atoms with E-state index in [9.17, 15) is 27.3 Å². The van der Waals surface area contributed by atoms with Gasteiger partial charge in [0, 0.05) is 30.3 Å². The largest absolute Gasteiger partial charge is 0.355 e. The molecule has 0 saturated carbocycles. The van der Waals surface area contributed by atoms with Crippen molar-refractivity contribution in [2.45, 2.75) is 23.8 Å². The number of hydrogen-bond acceptors (Lipinski definition) is 5. The molecule has 0 spiro atoms. The molecular formula is C21H18F2N4O3S. The Kier molecular flexibility index (Phi) is 5.45. The minimum atomic E-state index is -3.78. The lowest BCUT2D eigenvalue weighted by Gasteiger charge is -2.33. The van der Waals surface area contributed by atoms with Crippen LogP contribution in [0.1, 0.15) is 30.0 Å². The Labute approximate surface area is 178 Å². The highest BCUT2D eigenvalue weighted by molar-refractivity contribution is 7.90. The van der Waals surface area contributed by atoms with Crippen LogP contribution in [-0.2, 0) is 14.8 Å². The SMILES string of the molecule is N#CC(NC(=O)C1CCCN(C2=NS(=O)(=O)c3ccccc32)C1)c1ccc(F)cc1F. The van der Waals surface area contributed by atoms with Crippen molar-refractivity contribution in [3.63, 3.8) is 0 Å². The minimum Gasteiger partial charge on any atom is -0.355 e. The quantitative estimate of drug-likeness (QED) is 0.784. The number of likely N-dealkylation sites (tertiary alicyclic amines) is 1. The van der Waals surface area contributed by atoms with Crippen molar-refractivity contribution in [2.24, 2.45) is 10.3 Å². The number of carbonyl (C=O) groups excluding carboxylic acids is 1. The highest BCUT2D eigenvalue weighted by atomic mass is 32.2. The summed E-state index contributed by atoms with van der Waals surface area (Å²) in [7, 11) is -3.78. The first-order valence-corrected chi connectivity index (χ1v) is 11.1. The number of amides is 1. The van der Waals surface area contributed by atoms with Gasteiger partial charge < -0.3 is 10.2 Å². The molecule has 4 rings (SSSR count). The summed E-state index contributed by atoms with van der Waals surface area (Å²) in [6.45, 7) is 0.735. The van der Waals surface area contributed by atoms with Crippen molar-refractivity contribution >= 4 is 21.8 Å². The third kappa shape index (κ3) is 4.01. The molecule has 1 N–H and O–H groups in total. The van der Waals surface area contributed by atoms with E-state index in [1.165, 1.54) is 6.07 Å². The number of nitrogens with zero attached hydrogens (tertiary/aromatic N) is 3. The maximum Gasteiger partial charge on any atom is 0.285 e. The fraction of sp³-hybridized carbons (Fsp3) is 0.286. The van der Waals surface area contributed by atoms with E-state index in [4.69, 9.17) is 0 Å². The van der Waals surface area contributed by atoms with E-state index in [0.717, 1.165) is 12.1 Å². The number of benzene rings is 2. The van der Waals surface area contributed by atoms with Gasteiger partial charge in [-0.05, 0) is 31.0 Å². The molecule has 2 atom stereocenters. The third-order valence-electron chi connectivity index (χ3n) is 5.39. The van der Waals surface area contributed by atoms with Gasteiger partial charge in [-0.2, -0.15) is 13.7 Å². The number of hydrogen-bond donors (Lipinski definition) is 1. The number of sulfonamides is 1. The highest BCUT2D eigenvalue weighted by Crippen LogP contribution is 2.30. The number of carbonyl (C=O) groups is 1. The number of amidine groups is 1. The molecule has 2 aromatic rings. The first kappa shape index (κ1) is 20.9. The predicted octanol–water partition coefficient (Wildman–Crippen LogP) is 2.51. The van der Waals surface area contributed by atoms with Gasteiger partial charge in [-0.3, -0.25) is 4.79 Å². The summed E-state index contributed by atoms with van der Waals surface area (Å²) in [6.07, 6.45) is 1.13. The molecule has 2 aliphatic rings. The average Bonchev–Trinajstić information content (AvgIpc) is 3.04. The lowest BCUT2D eigenvalue weighted by molar-refractivity contribution is -0.126. The van der Waals surface area contributed by atoms with E-state index in [-0.39, 0.29) is 17.0 Å². The van der Waals surface area contributed by atoms with Crippen molar-refractivity contribution in [3.8, 4) is 6.07 Å². The Balaban J connectivity index is 1.51. The summed E-state index contributed by atoms with van der Waals surface area (Å²) < 4.78 is 55.7. The molecule has 0 aliphatic carbocycles. The van der Waals surface area contributed by atoms with Crippen LogP contribution in [-0.4, -0.2) is 38.2 Å². The Bertz CT molecular complexity index is 1220. The standard InChI is InChI=1S/C21H18F2N4O3S/c22-14-7-8-15(17(23)10-14)18(11-24)25-21(28)13-4-3-9-27(12-13)20-16-5-1-2-6-19(16)31(29,30)26-20/h1-2,5-8,10,13,18H,3-4,9,12H2,(H,25,28). The summed E-state index contributed by atoms with van der Waals surface area (Å²) in [6, 6.07) is 9.87. The molecule has 1 fully saturated rings. The third-order valence-corrected chi connectivity index (χ3v) is 6.72. The summed E-state index contributed by atoms with van der Waals surface area (Å²) in [4.78, 5) is 14.7. The zero-order chi connectivity index (χ0) is 22.2. The Morgan fingerprint density at radius 2 is 2.03 bits per heavy atom. The molecule has 7 nitrogen and oxygen atoms in total. The highest BCUT2D eigenvalue weighted by Gasteiger charge is 2.35. The van der Waals surface area contributed by atoms with E-state index < -0.39 is 39.5 Å². The van der Waals surface area contributed by atoms with Gasteiger partial charge in [0.2, 0.25) is 5.91 Å². The van der Waals surface area contributed by atoms with Crippen molar-refractivity contribution < 1.29 is 22.0 Å². The fourth-order valence-corrected chi connectivity index (χ4v) is 5.10. The van der Waals surface area contributed by atoms with Gasteiger partial charge in [0.15, 0.2) is 5.84 Å². The van der Waals surface area contributed by atoms with Crippen molar-refractivity contribution in [1.82, 2.24) is 10.2 Å². The van der Waals surface area contributed by atoms with E-state index >= 15 is 0 Å². The van der Waals surface area contributed by atoms with Gasteiger partial charge in [-0.1, -0.05) is 18.2 Å². The van der Waals surface area contributed by atoms with Gasteiger partial charge in [-0.25, -0.2) is 8.78 Å². The molecule has 1 amide bonds. The maximum atomic E-state index is 14.0. The van der Waals surface area contributed by atoms with Crippen LogP contribution < -0.4 is 5.32 Å². The van der Waals surface area contributed by atoms with Crippen molar-refractivity contribution in [2.75, 3.05) is 13.1 Å². The molecule has 0 aromatic heterocycles. The Morgan fingerprint density at radius 3 is 2.77 bits per heavy atom. The van der Waals surface area contributed by atoms with E-state index in [0.29, 0.717) is 36.9 Å². The minimum absolute atomic E-state index is 0.120. The number of rotatable bonds is 3. The first-order chi connectivity index (χ1) is 14.8. The van der Waals surface area contributed by atoms with Crippen LogP contribution in [0.15, 0.2) is 51.8 Å². The molecule has 160 valence electrons. The molecule has 31 heavy (non-hydrogen) atoms. The molecule has 10 heteroatoms. The number of piperidine rings is 1. The molecule has 2 aromatic carbocycles. The Morgan fingerprint density at radius 1 is 1.26 bits per heavy atom. The smallest absolute Gasteiger partial charge is 0.285 e. The molecule has 0 radical (unpaired) electrons. The van der Waals surface area contributed by atoms with Crippen molar-refractivity contribution in [1.29, 1.82) is 5.26 Å². The van der Waals surface area contributed by atoms with E-state index in [1.807, 2.05) is 6.07 Å². The topological polar surface area (TPSA) is 103 Å². The normalized spacial score (nSPS) is 20.4. The second-order valence-corrected chi connectivity index (χ2v) is 8.98. The van der Waals surface area contributed by atoms with Crippen LogP contribution in [0.4, 0.5) is 8.78 Å². The lowest BCUT2D eigenvalue weighted by Crippen LogP contribution is -2.46. The van der Waals surface area contributed by atoms with Gasteiger partial charge in [0.1, 0.15) is 22.6 Å². The van der Waals surface area contributed by atoms with Gasteiger partial charge in [0.25, 0.3) is 10.0 Å². The molecule has 2 aliphatic heterocycles. The van der Waals surface area contributed by atoms with Crippen molar-refractivity contribution in [3.05, 3.63) is 65.2 Å². The van der Waals surface area contributed by atoms with Gasteiger partial charge >= 0.3 is 0 Å². The second-order valence-electron chi connectivity index (χ2n) is 7.41. The van der Waals surface area contributed by atoms with E-state index in [2.05, 4.69) is 9.71 Å². The summed E-state index contributed by atoms with van der Waals surface area (Å²) in [5, 5.41) is 11.9. The van der Waals surface area contributed by atoms with E-state index in [1.54, 1.807) is 23.1 Å². The molecular weight excluding hydrogens is 426 g/mol. The average molecular weight is 444 g/mol. The number of halogens is 2. The molecule has 1 saturated heterocycles.